The van der Waals surface area contributed by atoms with Gasteiger partial charge in [-0.25, -0.2) is 4.79 Å². The number of ether oxygens (including phenoxy) is 2. The molecule has 3 fully saturated rings. The van der Waals surface area contributed by atoms with E-state index >= 15 is 0 Å². The fourth-order valence-electron chi connectivity index (χ4n) is 2.32. The van der Waals surface area contributed by atoms with Crippen LogP contribution in [0.25, 0.3) is 0 Å². The summed E-state index contributed by atoms with van der Waals surface area (Å²) in [5.74, 6) is -0.390. The van der Waals surface area contributed by atoms with Gasteiger partial charge in [0.15, 0.2) is 0 Å². The van der Waals surface area contributed by atoms with Crippen LogP contribution in [0.4, 0.5) is 4.79 Å². The van der Waals surface area contributed by atoms with Crippen LogP contribution in [0.2, 0.25) is 0 Å². The number of imide groups is 1. The number of urea groups is 1. The minimum absolute atomic E-state index is 0.130. The predicted molar refractivity (Wildman–Crippen MR) is 52.4 cm³/mol. The van der Waals surface area contributed by atoms with E-state index < -0.39 is 0 Å². The van der Waals surface area contributed by atoms with E-state index in [0.29, 0.717) is 19.6 Å². The lowest BCUT2D eigenvalue weighted by atomic mass is 10.1. The molecule has 0 aliphatic carbocycles. The highest BCUT2D eigenvalue weighted by molar-refractivity contribution is 5.97. The van der Waals surface area contributed by atoms with E-state index in [2.05, 4.69) is 5.32 Å². The number of carbonyl (C=O) groups is 2. The fourth-order valence-corrected chi connectivity index (χ4v) is 2.32. The van der Waals surface area contributed by atoms with E-state index in [0.717, 1.165) is 0 Å². The quantitative estimate of drug-likeness (QED) is 0.666. The first kappa shape index (κ1) is 10.0. The van der Waals surface area contributed by atoms with Gasteiger partial charge in [0.05, 0.1) is 18.6 Å². The molecule has 3 aliphatic heterocycles. The fraction of sp³-hybridized carbons (Fsp3) is 0.800. The molecule has 0 aromatic rings. The number of rotatable bonds is 1. The Kier molecular flexibility index (Phi) is 2.15. The maximum Gasteiger partial charge on any atom is 0.326 e. The monoisotopic (exact) mass is 226 g/mol. The summed E-state index contributed by atoms with van der Waals surface area (Å²) >= 11 is 0. The van der Waals surface area contributed by atoms with Crippen LogP contribution < -0.4 is 5.32 Å². The minimum atomic E-state index is -0.352. The van der Waals surface area contributed by atoms with Crippen LogP contribution in [-0.4, -0.2) is 48.4 Å². The van der Waals surface area contributed by atoms with Gasteiger partial charge >= 0.3 is 6.03 Å². The van der Waals surface area contributed by atoms with Gasteiger partial charge in [-0.2, -0.15) is 0 Å². The molecule has 0 radical (unpaired) electrons. The maximum atomic E-state index is 11.6. The van der Waals surface area contributed by atoms with Crippen molar-refractivity contribution in [2.24, 2.45) is 5.92 Å². The summed E-state index contributed by atoms with van der Waals surface area (Å²) in [6.07, 6.45) is 0.725. The number of amides is 3. The van der Waals surface area contributed by atoms with Crippen LogP contribution in [0.1, 0.15) is 13.3 Å². The molecule has 0 aromatic carbocycles. The Bertz CT molecular complexity index is 334. The van der Waals surface area contributed by atoms with Crippen LogP contribution >= 0.6 is 0 Å². The molecular formula is C10H14N2O4. The molecule has 0 spiro atoms. The molecule has 3 amide bonds. The van der Waals surface area contributed by atoms with Gasteiger partial charge in [-0.1, -0.05) is 6.92 Å². The van der Waals surface area contributed by atoms with Crippen molar-refractivity contribution in [3.8, 4) is 0 Å². The number of fused-ring (bicyclic) bond motifs is 1. The van der Waals surface area contributed by atoms with Crippen molar-refractivity contribution >= 4 is 11.9 Å². The second-order valence-electron chi connectivity index (χ2n) is 4.58. The summed E-state index contributed by atoms with van der Waals surface area (Å²) in [6.45, 7) is 2.84. The summed E-state index contributed by atoms with van der Waals surface area (Å²) in [5, 5.41) is 2.33. The molecule has 4 atom stereocenters. The van der Waals surface area contributed by atoms with Crippen LogP contribution in [0.3, 0.4) is 0 Å². The van der Waals surface area contributed by atoms with E-state index in [4.69, 9.17) is 9.47 Å². The second-order valence-corrected chi connectivity index (χ2v) is 4.58. The first-order valence-corrected chi connectivity index (χ1v) is 5.53. The highest BCUT2D eigenvalue weighted by atomic mass is 16.6. The molecule has 6 heteroatoms. The average molecular weight is 226 g/mol. The largest absolute Gasteiger partial charge is 0.372 e. The molecule has 6 nitrogen and oxygen atoms in total. The third-order valence-electron chi connectivity index (χ3n) is 3.41. The highest BCUT2D eigenvalue weighted by Gasteiger charge is 2.47. The highest BCUT2D eigenvalue weighted by Crippen LogP contribution is 2.33. The Labute approximate surface area is 92.9 Å². The molecule has 3 aliphatic rings. The standard InChI is InChI=1S/C10H14N2O4/c1-5-3-12(10(14)11-9(5)13)8-2-6-7(16-8)4-15-6/h5-8H,2-4H2,1H3,(H,11,13,14)/t5-,6-,7+,8+/m1/s1. The van der Waals surface area contributed by atoms with Crippen LogP contribution in [-0.2, 0) is 14.3 Å². The first-order chi connectivity index (χ1) is 7.65. The van der Waals surface area contributed by atoms with Gasteiger partial charge in [-0.05, 0) is 0 Å². The Morgan fingerprint density at radius 3 is 2.75 bits per heavy atom. The normalized spacial score (nSPS) is 42.7. The zero-order valence-corrected chi connectivity index (χ0v) is 9.01. The lowest BCUT2D eigenvalue weighted by Crippen LogP contribution is -2.57. The number of nitrogens with one attached hydrogen (secondary N) is 1. The van der Waals surface area contributed by atoms with E-state index in [9.17, 15) is 9.59 Å². The Morgan fingerprint density at radius 2 is 2.19 bits per heavy atom. The van der Waals surface area contributed by atoms with Crippen molar-refractivity contribution in [1.82, 2.24) is 10.2 Å². The summed E-state index contributed by atoms with van der Waals surface area (Å²) in [7, 11) is 0. The van der Waals surface area contributed by atoms with Crippen molar-refractivity contribution < 1.29 is 19.1 Å². The number of nitrogens with zero attached hydrogens (tertiary/aromatic N) is 1. The predicted octanol–water partition coefficient (Wildman–Crippen LogP) is -0.312. The van der Waals surface area contributed by atoms with Gasteiger partial charge in [0.1, 0.15) is 12.3 Å². The van der Waals surface area contributed by atoms with Gasteiger partial charge in [0.2, 0.25) is 5.91 Å². The maximum absolute atomic E-state index is 11.6. The van der Waals surface area contributed by atoms with Crippen molar-refractivity contribution in [2.75, 3.05) is 13.2 Å². The molecule has 3 heterocycles. The molecule has 0 saturated carbocycles. The number of hydrogen-bond donors (Lipinski definition) is 1. The molecule has 3 rings (SSSR count). The molecule has 16 heavy (non-hydrogen) atoms. The van der Waals surface area contributed by atoms with E-state index in [1.165, 1.54) is 0 Å². The zero-order valence-electron chi connectivity index (χ0n) is 9.01. The number of hydrogen-bond acceptors (Lipinski definition) is 4. The molecule has 88 valence electrons. The lowest BCUT2D eigenvalue weighted by molar-refractivity contribution is -0.155. The Balaban J connectivity index is 1.70. The lowest BCUT2D eigenvalue weighted by Gasteiger charge is -2.34. The van der Waals surface area contributed by atoms with Gasteiger partial charge in [-0.3, -0.25) is 15.0 Å². The van der Waals surface area contributed by atoms with Crippen molar-refractivity contribution in [1.29, 1.82) is 0 Å². The molecular weight excluding hydrogens is 212 g/mol. The molecule has 3 saturated heterocycles. The van der Waals surface area contributed by atoms with Gasteiger partial charge < -0.3 is 9.47 Å². The Hall–Kier alpha value is -1.14. The van der Waals surface area contributed by atoms with Crippen LogP contribution in [0, 0.1) is 5.92 Å². The van der Waals surface area contributed by atoms with E-state index in [1.54, 1.807) is 11.8 Å². The SMILES string of the molecule is C[C@@H]1CN([C@@H]2C[C@H]3OC[C@@H]3O2)C(=O)NC1=O. The molecule has 0 aromatic heterocycles. The van der Waals surface area contributed by atoms with Gasteiger partial charge in [-0.15, -0.1) is 0 Å². The van der Waals surface area contributed by atoms with Gasteiger partial charge in [0.25, 0.3) is 0 Å². The third kappa shape index (κ3) is 1.41. The number of carbonyl (C=O) groups excluding carboxylic acids is 2. The summed E-state index contributed by atoms with van der Waals surface area (Å²) < 4.78 is 11.0. The minimum Gasteiger partial charge on any atom is -0.372 e. The molecule has 0 unspecified atom stereocenters. The zero-order chi connectivity index (χ0) is 11.3. The van der Waals surface area contributed by atoms with Crippen molar-refractivity contribution in [2.45, 2.75) is 31.8 Å². The molecule has 1 N–H and O–H groups in total. The van der Waals surface area contributed by atoms with Crippen molar-refractivity contribution in [3.63, 3.8) is 0 Å². The summed E-state index contributed by atoms with van der Waals surface area (Å²) in [4.78, 5) is 24.5. The third-order valence-corrected chi connectivity index (χ3v) is 3.41. The first-order valence-electron chi connectivity index (χ1n) is 5.53. The van der Waals surface area contributed by atoms with E-state index in [1.807, 2.05) is 0 Å². The smallest absolute Gasteiger partial charge is 0.326 e. The van der Waals surface area contributed by atoms with Gasteiger partial charge in [0, 0.05) is 13.0 Å². The Morgan fingerprint density at radius 1 is 1.38 bits per heavy atom. The van der Waals surface area contributed by atoms with Crippen LogP contribution in [0.15, 0.2) is 0 Å². The summed E-state index contributed by atoms with van der Waals surface area (Å²) in [6, 6.07) is -0.352. The second kappa shape index (κ2) is 3.43. The van der Waals surface area contributed by atoms with Crippen molar-refractivity contribution in [3.05, 3.63) is 0 Å². The average Bonchev–Trinajstić information content (AvgIpc) is 2.49. The summed E-state index contributed by atoms with van der Waals surface area (Å²) in [5.41, 5.74) is 0. The molecule has 0 bridgehead atoms. The van der Waals surface area contributed by atoms with E-state index in [-0.39, 0.29) is 36.3 Å². The topological polar surface area (TPSA) is 67.9 Å². The van der Waals surface area contributed by atoms with Crippen LogP contribution in [0.5, 0.6) is 0 Å².